The maximum atomic E-state index is 5.96. The molecule has 0 amide bonds. The predicted octanol–water partition coefficient (Wildman–Crippen LogP) is 2.70. The Balaban J connectivity index is 2.60. The van der Waals surface area contributed by atoms with Gasteiger partial charge < -0.3 is 5.73 Å². The van der Waals surface area contributed by atoms with Crippen LogP contribution >= 0.6 is 15.9 Å². The van der Waals surface area contributed by atoms with E-state index in [-0.39, 0.29) is 6.04 Å². The van der Waals surface area contributed by atoms with Crippen molar-refractivity contribution in [1.82, 2.24) is 0 Å². The molecule has 1 nitrogen and oxygen atoms in total. The Kier molecular flexibility index (Phi) is 1.97. The molecule has 64 valence electrons. The highest BCUT2D eigenvalue weighted by Crippen LogP contribution is 2.33. The van der Waals surface area contributed by atoms with Gasteiger partial charge >= 0.3 is 0 Å². The summed E-state index contributed by atoms with van der Waals surface area (Å²) in [5.41, 5.74) is 10.1. The molecule has 0 aromatic heterocycles. The second-order valence-electron chi connectivity index (χ2n) is 3.44. The van der Waals surface area contributed by atoms with E-state index >= 15 is 0 Å². The lowest BCUT2D eigenvalue weighted by Gasteiger charge is -2.07. The zero-order valence-corrected chi connectivity index (χ0v) is 8.69. The van der Waals surface area contributed by atoms with Gasteiger partial charge in [-0.1, -0.05) is 15.9 Å². The Labute approximate surface area is 81.1 Å². The first-order valence-electron chi connectivity index (χ1n) is 4.23. The molecular weight excluding hydrogens is 214 g/mol. The highest BCUT2D eigenvalue weighted by atomic mass is 79.9. The minimum Gasteiger partial charge on any atom is -0.324 e. The number of aryl methyl sites for hydroxylation is 1. The van der Waals surface area contributed by atoms with Crippen molar-refractivity contribution >= 4 is 15.9 Å². The maximum Gasteiger partial charge on any atom is 0.0301 e. The first kappa shape index (κ1) is 8.27. The van der Waals surface area contributed by atoms with Crippen LogP contribution in [0.1, 0.15) is 29.2 Å². The van der Waals surface area contributed by atoms with Crippen molar-refractivity contribution in [3.05, 3.63) is 33.3 Å². The molecule has 0 saturated heterocycles. The van der Waals surface area contributed by atoms with Crippen LogP contribution in [0.5, 0.6) is 0 Å². The van der Waals surface area contributed by atoms with Crippen LogP contribution in [0.25, 0.3) is 0 Å². The normalized spacial score (nSPS) is 21.1. The molecule has 0 aliphatic heterocycles. The van der Waals surface area contributed by atoms with Crippen molar-refractivity contribution in [3.63, 3.8) is 0 Å². The van der Waals surface area contributed by atoms with Crippen LogP contribution in [-0.4, -0.2) is 0 Å². The molecular formula is C10H12BrN. The standard InChI is InChI=1S/C10H12BrN/c1-6-4-7(11)5-9-8(6)2-3-10(9)12/h4-5,10H,2-3,12H2,1H3/t10-/m0/s1. The average molecular weight is 226 g/mol. The van der Waals surface area contributed by atoms with Gasteiger partial charge in [-0.2, -0.15) is 0 Å². The molecule has 2 heteroatoms. The maximum absolute atomic E-state index is 5.96. The fraction of sp³-hybridized carbons (Fsp3) is 0.400. The zero-order valence-electron chi connectivity index (χ0n) is 7.10. The number of nitrogens with two attached hydrogens (primary N) is 1. The predicted molar refractivity (Wildman–Crippen MR) is 54.1 cm³/mol. The number of hydrogen-bond donors (Lipinski definition) is 1. The van der Waals surface area contributed by atoms with Gasteiger partial charge in [0.2, 0.25) is 0 Å². The van der Waals surface area contributed by atoms with Gasteiger partial charge in [0.25, 0.3) is 0 Å². The second-order valence-corrected chi connectivity index (χ2v) is 4.35. The van der Waals surface area contributed by atoms with Crippen LogP contribution < -0.4 is 5.73 Å². The van der Waals surface area contributed by atoms with Crippen LogP contribution in [-0.2, 0) is 6.42 Å². The molecule has 1 aromatic rings. The first-order chi connectivity index (χ1) is 5.68. The van der Waals surface area contributed by atoms with Crippen molar-refractivity contribution in [1.29, 1.82) is 0 Å². The minimum atomic E-state index is 0.260. The fourth-order valence-corrected chi connectivity index (χ4v) is 2.52. The van der Waals surface area contributed by atoms with Gasteiger partial charge in [0, 0.05) is 10.5 Å². The third-order valence-corrected chi connectivity index (χ3v) is 3.03. The van der Waals surface area contributed by atoms with Crippen LogP contribution in [0, 0.1) is 6.92 Å². The summed E-state index contributed by atoms with van der Waals surface area (Å²) in [6, 6.07) is 4.58. The highest BCUT2D eigenvalue weighted by molar-refractivity contribution is 9.10. The number of fused-ring (bicyclic) bond motifs is 1. The summed E-state index contributed by atoms with van der Waals surface area (Å²) in [7, 11) is 0. The number of rotatable bonds is 0. The number of halogens is 1. The Morgan fingerprint density at radius 3 is 3.00 bits per heavy atom. The largest absolute Gasteiger partial charge is 0.324 e. The van der Waals surface area contributed by atoms with Crippen molar-refractivity contribution in [2.24, 2.45) is 5.73 Å². The lowest BCUT2D eigenvalue weighted by atomic mass is 10.0. The molecule has 0 heterocycles. The van der Waals surface area contributed by atoms with Gasteiger partial charge in [0.15, 0.2) is 0 Å². The van der Waals surface area contributed by atoms with E-state index in [4.69, 9.17) is 5.73 Å². The second kappa shape index (κ2) is 2.86. The summed E-state index contributed by atoms with van der Waals surface area (Å²) in [5, 5.41) is 0. The monoisotopic (exact) mass is 225 g/mol. The van der Waals surface area contributed by atoms with Gasteiger partial charge in [-0.15, -0.1) is 0 Å². The third kappa shape index (κ3) is 1.19. The fourth-order valence-electron chi connectivity index (χ4n) is 1.93. The first-order valence-corrected chi connectivity index (χ1v) is 5.02. The van der Waals surface area contributed by atoms with Gasteiger partial charge in [-0.05, 0) is 48.6 Å². The van der Waals surface area contributed by atoms with Crippen molar-refractivity contribution in [2.45, 2.75) is 25.8 Å². The average Bonchev–Trinajstić information content (AvgIpc) is 2.33. The molecule has 1 aliphatic rings. The van der Waals surface area contributed by atoms with Gasteiger partial charge in [-0.25, -0.2) is 0 Å². The van der Waals surface area contributed by atoms with E-state index in [1.54, 1.807) is 0 Å². The summed E-state index contributed by atoms with van der Waals surface area (Å²) >= 11 is 3.49. The van der Waals surface area contributed by atoms with Crippen molar-refractivity contribution < 1.29 is 0 Å². The summed E-state index contributed by atoms with van der Waals surface area (Å²) in [6.07, 6.45) is 2.25. The van der Waals surface area contributed by atoms with E-state index in [0.29, 0.717) is 0 Å². The molecule has 1 aliphatic carbocycles. The summed E-state index contributed by atoms with van der Waals surface area (Å²) < 4.78 is 1.15. The molecule has 0 unspecified atom stereocenters. The lowest BCUT2D eigenvalue weighted by molar-refractivity contribution is 0.713. The van der Waals surface area contributed by atoms with E-state index in [9.17, 15) is 0 Å². The van der Waals surface area contributed by atoms with Crippen LogP contribution in [0.3, 0.4) is 0 Å². The molecule has 0 radical (unpaired) electrons. The Morgan fingerprint density at radius 2 is 2.25 bits per heavy atom. The smallest absolute Gasteiger partial charge is 0.0301 e. The van der Waals surface area contributed by atoms with Crippen molar-refractivity contribution in [2.75, 3.05) is 0 Å². The third-order valence-electron chi connectivity index (χ3n) is 2.58. The molecule has 2 N–H and O–H groups in total. The molecule has 0 fully saturated rings. The van der Waals surface area contributed by atoms with E-state index < -0.39 is 0 Å². The Hall–Kier alpha value is -0.340. The van der Waals surface area contributed by atoms with Crippen molar-refractivity contribution in [3.8, 4) is 0 Å². The molecule has 12 heavy (non-hydrogen) atoms. The zero-order chi connectivity index (χ0) is 8.72. The number of benzene rings is 1. The topological polar surface area (TPSA) is 26.0 Å². The van der Waals surface area contributed by atoms with Crippen LogP contribution in [0.2, 0.25) is 0 Å². The summed E-state index contributed by atoms with van der Waals surface area (Å²) in [5.74, 6) is 0. The molecule has 0 saturated carbocycles. The lowest BCUT2D eigenvalue weighted by Crippen LogP contribution is -2.05. The van der Waals surface area contributed by atoms with Gasteiger partial charge in [0.05, 0.1) is 0 Å². The SMILES string of the molecule is Cc1cc(Br)cc2c1CC[C@@H]2N. The van der Waals surface area contributed by atoms with Crippen LogP contribution in [0.15, 0.2) is 16.6 Å². The van der Waals surface area contributed by atoms with Gasteiger partial charge in [0.1, 0.15) is 0 Å². The van der Waals surface area contributed by atoms with E-state index in [1.807, 2.05) is 0 Å². The van der Waals surface area contributed by atoms with Gasteiger partial charge in [-0.3, -0.25) is 0 Å². The quantitative estimate of drug-likeness (QED) is 0.723. The summed E-state index contributed by atoms with van der Waals surface area (Å²) in [4.78, 5) is 0. The molecule has 1 aromatic carbocycles. The minimum absolute atomic E-state index is 0.260. The van der Waals surface area contributed by atoms with E-state index in [0.717, 1.165) is 17.3 Å². The highest BCUT2D eigenvalue weighted by Gasteiger charge is 2.20. The summed E-state index contributed by atoms with van der Waals surface area (Å²) in [6.45, 7) is 2.15. The molecule has 0 spiro atoms. The van der Waals surface area contributed by atoms with E-state index in [2.05, 4.69) is 35.0 Å². The Morgan fingerprint density at radius 1 is 1.50 bits per heavy atom. The molecule has 0 bridgehead atoms. The van der Waals surface area contributed by atoms with E-state index in [1.165, 1.54) is 16.7 Å². The molecule has 1 atom stereocenters. The number of hydrogen-bond acceptors (Lipinski definition) is 1. The van der Waals surface area contributed by atoms with Crippen LogP contribution in [0.4, 0.5) is 0 Å². The Bertz CT molecular complexity index is 320. The molecule has 2 rings (SSSR count).